The molecule has 4 nitrogen and oxygen atoms in total. The van der Waals surface area contributed by atoms with Crippen LogP contribution < -0.4 is 5.73 Å². The number of thiazole rings is 1. The van der Waals surface area contributed by atoms with Crippen LogP contribution in [-0.4, -0.2) is 19.2 Å². The molecule has 92 valence electrons. The molecule has 1 aromatic heterocycles. The molecule has 0 saturated carbocycles. The van der Waals surface area contributed by atoms with Gasteiger partial charge in [-0.1, -0.05) is 6.92 Å². The van der Waals surface area contributed by atoms with Crippen LogP contribution in [0.2, 0.25) is 0 Å². The molecule has 1 aromatic carbocycles. The lowest BCUT2D eigenvalue weighted by Crippen LogP contribution is -2.08. The molecule has 0 saturated heterocycles. The number of hydrogen-bond donors (Lipinski definition) is 1. The van der Waals surface area contributed by atoms with Gasteiger partial charge in [0.25, 0.3) is 0 Å². The number of nitrogens with zero attached hydrogens (tertiary/aromatic N) is 1. The maximum Gasteiger partial charge on any atom is 0.180 e. The Balaban J connectivity index is 2.66. The number of nitrogens with two attached hydrogens (primary N) is 1. The van der Waals surface area contributed by atoms with Gasteiger partial charge in [-0.05, 0) is 25.5 Å². The fourth-order valence-corrected chi connectivity index (χ4v) is 4.06. The largest absolute Gasteiger partial charge is 0.398 e. The van der Waals surface area contributed by atoms with Crippen LogP contribution in [0.1, 0.15) is 18.4 Å². The summed E-state index contributed by atoms with van der Waals surface area (Å²) in [7, 11) is -3.28. The van der Waals surface area contributed by atoms with E-state index in [0.29, 0.717) is 17.6 Å². The molecule has 1 heterocycles. The molecular weight excluding hydrogens is 256 g/mol. The second-order valence-corrected chi connectivity index (χ2v) is 7.22. The smallest absolute Gasteiger partial charge is 0.180 e. The molecule has 2 aromatic rings. The zero-order valence-corrected chi connectivity index (χ0v) is 11.4. The minimum absolute atomic E-state index is 0.117. The van der Waals surface area contributed by atoms with Crippen molar-refractivity contribution in [3.05, 3.63) is 17.1 Å². The van der Waals surface area contributed by atoms with Crippen LogP contribution in [0.4, 0.5) is 5.69 Å². The Kier molecular flexibility index (Phi) is 3.09. The molecule has 2 N–H and O–H groups in total. The average molecular weight is 270 g/mol. The predicted molar refractivity (Wildman–Crippen MR) is 71.1 cm³/mol. The van der Waals surface area contributed by atoms with Crippen LogP contribution in [0.15, 0.2) is 17.0 Å². The Morgan fingerprint density at radius 3 is 2.76 bits per heavy atom. The second kappa shape index (κ2) is 4.27. The first-order valence-electron chi connectivity index (χ1n) is 5.33. The number of aryl methyl sites for hydroxylation is 1. The molecule has 0 radical (unpaired) electrons. The average Bonchev–Trinajstić information content (AvgIpc) is 2.55. The summed E-state index contributed by atoms with van der Waals surface area (Å²) in [6.07, 6.45) is 0.579. The summed E-state index contributed by atoms with van der Waals surface area (Å²) in [4.78, 5) is 4.49. The molecule has 0 aliphatic rings. The maximum atomic E-state index is 12.0. The van der Waals surface area contributed by atoms with Gasteiger partial charge in [-0.25, -0.2) is 13.4 Å². The Labute approximate surface area is 104 Å². The summed E-state index contributed by atoms with van der Waals surface area (Å²) >= 11 is 1.51. The molecule has 0 fully saturated rings. The molecule has 0 bridgehead atoms. The molecule has 0 unspecified atom stereocenters. The van der Waals surface area contributed by atoms with E-state index in [-0.39, 0.29) is 10.6 Å². The zero-order chi connectivity index (χ0) is 12.6. The molecule has 2 rings (SSSR count). The molecule has 0 aliphatic carbocycles. The highest BCUT2D eigenvalue weighted by Gasteiger charge is 2.18. The van der Waals surface area contributed by atoms with Crippen molar-refractivity contribution in [3.8, 4) is 0 Å². The van der Waals surface area contributed by atoms with Crippen LogP contribution in [0.25, 0.3) is 10.2 Å². The standard InChI is InChI=1S/C11H14N2O2S2/c1-3-4-17(14,15)11-6-9-10(5-8(11)12)16-7(2)13-9/h5-6H,3-4,12H2,1-2H3. The predicted octanol–water partition coefficient (Wildman–Crippen LogP) is 2.37. The van der Waals surface area contributed by atoms with Crippen LogP contribution in [0, 0.1) is 6.92 Å². The van der Waals surface area contributed by atoms with Gasteiger partial charge in [-0.3, -0.25) is 0 Å². The normalized spacial score (nSPS) is 12.1. The monoisotopic (exact) mass is 270 g/mol. The summed E-state index contributed by atoms with van der Waals surface area (Å²) in [6, 6.07) is 3.28. The Morgan fingerprint density at radius 1 is 1.41 bits per heavy atom. The third kappa shape index (κ3) is 2.28. The molecule has 0 spiro atoms. The van der Waals surface area contributed by atoms with E-state index in [4.69, 9.17) is 5.73 Å². The number of anilines is 1. The Bertz CT molecular complexity index is 659. The van der Waals surface area contributed by atoms with Gasteiger partial charge >= 0.3 is 0 Å². The van der Waals surface area contributed by atoms with Crippen LogP contribution in [0.5, 0.6) is 0 Å². The summed E-state index contributed by atoms with van der Waals surface area (Å²) in [5.74, 6) is 0.117. The maximum absolute atomic E-state index is 12.0. The number of aromatic nitrogens is 1. The first kappa shape index (κ1) is 12.3. The number of sulfone groups is 1. The lowest BCUT2D eigenvalue weighted by atomic mass is 10.3. The van der Waals surface area contributed by atoms with Crippen molar-refractivity contribution < 1.29 is 8.42 Å². The topological polar surface area (TPSA) is 73.0 Å². The summed E-state index contributed by atoms with van der Waals surface area (Å²) in [5, 5.41) is 0.907. The van der Waals surface area contributed by atoms with E-state index < -0.39 is 9.84 Å². The fraction of sp³-hybridized carbons (Fsp3) is 0.364. The van der Waals surface area contributed by atoms with Crippen molar-refractivity contribution in [3.63, 3.8) is 0 Å². The molecule has 0 atom stereocenters. The number of nitrogen functional groups attached to an aromatic ring is 1. The highest BCUT2D eigenvalue weighted by atomic mass is 32.2. The quantitative estimate of drug-likeness (QED) is 0.869. The van der Waals surface area contributed by atoms with Crippen molar-refractivity contribution in [2.45, 2.75) is 25.2 Å². The highest BCUT2D eigenvalue weighted by Crippen LogP contribution is 2.29. The number of benzene rings is 1. The Hall–Kier alpha value is -1.14. The molecule has 17 heavy (non-hydrogen) atoms. The van der Waals surface area contributed by atoms with Gasteiger partial charge in [0.15, 0.2) is 9.84 Å². The van der Waals surface area contributed by atoms with Gasteiger partial charge < -0.3 is 5.73 Å². The Morgan fingerprint density at radius 2 is 2.12 bits per heavy atom. The van der Waals surface area contributed by atoms with Crippen molar-refractivity contribution in [1.82, 2.24) is 4.98 Å². The van der Waals surface area contributed by atoms with E-state index in [9.17, 15) is 8.42 Å². The van der Waals surface area contributed by atoms with Gasteiger partial charge in [0, 0.05) is 0 Å². The minimum Gasteiger partial charge on any atom is -0.398 e. The van der Waals surface area contributed by atoms with Crippen molar-refractivity contribution >= 4 is 37.1 Å². The zero-order valence-electron chi connectivity index (χ0n) is 9.73. The van der Waals surface area contributed by atoms with E-state index in [2.05, 4.69) is 4.98 Å². The number of fused-ring (bicyclic) bond motifs is 1. The van der Waals surface area contributed by atoms with E-state index >= 15 is 0 Å². The van der Waals surface area contributed by atoms with Crippen LogP contribution in [0.3, 0.4) is 0 Å². The van der Waals surface area contributed by atoms with Gasteiger partial charge in [0.2, 0.25) is 0 Å². The number of rotatable bonds is 3. The first-order valence-corrected chi connectivity index (χ1v) is 7.80. The van der Waals surface area contributed by atoms with Gasteiger partial charge in [0.1, 0.15) is 0 Å². The van der Waals surface area contributed by atoms with Gasteiger partial charge in [-0.15, -0.1) is 11.3 Å². The van der Waals surface area contributed by atoms with Gasteiger partial charge in [-0.2, -0.15) is 0 Å². The van der Waals surface area contributed by atoms with Crippen molar-refractivity contribution in [2.75, 3.05) is 11.5 Å². The number of hydrogen-bond acceptors (Lipinski definition) is 5. The molecule has 0 amide bonds. The van der Waals surface area contributed by atoms with Crippen molar-refractivity contribution in [1.29, 1.82) is 0 Å². The third-order valence-electron chi connectivity index (χ3n) is 2.43. The minimum atomic E-state index is -3.28. The second-order valence-electron chi connectivity index (χ2n) is 3.91. The van der Waals surface area contributed by atoms with E-state index in [0.717, 1.165) is 9.71 Å². The summed E-state index contributed by atoms with van der Waals surface area (Å²) in [6.45, 7) is 3.72. The van der Waals surface area contributed by atoms with E-state index in [1.807, 2.05) is 13.8 Å². The van der Waals surface area contributed by atoms with Crippen LogP contribution in [-0.2, 0) is 9.84 Å². The van der Waals surface area contributed by atoms with Gasteiger partial charge in [0.05, 0.1) is 31.6 Å². The third-order valence-corrected chi connectivity index (χ3v) is 5.34. The first-order chi connectivity index (χ1) is 7.94. The lowest BCUT2D eigenvalue weighted by molar-refractivity contribution is 0.595. The fourth-order valence-electron chi connectivity index (χ4n) is 1.73. The van der Waals surface area contributed by atoms with E-state index in [1.165, 1.54) is 11.3 Å². The molecular formula is C11H14N2O2S2. The summed E-state index contributed by atoms with van der Waals surface area (Å²) in [5.41, 5.74) is 6.83. The highest BCUT2D eigenvalue weighted by molar-refractivity contribution is 7.91. The molecule has 0 aliphatic heterocycles. The SMILES string of the molecule is CCCS(=O)(=O)c1cc2nc(C)sc2cc1N. The summed E-state index contributed by atoms with van der Waals surface area (Å²) < 4.78 is 24.9. The molecule has 6 heteroatoms. The van der Waals surface area contributed by atoms with Crippen molar-refractivity contribution in [2.24, 2.45) is 0 Å². The van der Waals surface area contributed by atoms with Crippen LogP contribution >= 0.6 is 11.3 Å². The van der Waals surface area contributed by atoms with E-state index in [1.54, 1.807) is 12.1 Å². The lowest BCUT2D eigenvalue weighted by Gasteiger charge is -2.06.